The van der Waals surface area contributed by atoms with E-state index in [1.165, 1.54) is 12.8 Å². The van der Waals surface area contributed by atoms with Crippen molar-refractivity contribution in [2.45, 2.75) is 38.0 Å². The summed E-state index contributed by atoms with van der Waals surface area (Å²) >= 11 is 6.15. The van der Waals surface area contributed by atoms with E-state index in [-0.39, 0.29) is 4.87 Å². The molecule has 0 saturated heterocycles. The standard InChI is InChI=1S/C9H15Cl/c1-8-4-3-6-9(2,10)7-5-8/h3,6,8H,4-5,7H2,1-2H3. The molecule has 2 atom stereocenters. The zero-order valence-corrected chi connectivity index (χ0v) is 7.49. The van der Waals surface area contributed by atoms with Crippen LogP contribution in [0.25, 0.3) is 0 Å². The SMILES string of the molecule is CC1CC=CC(C)(Cl)CC1. The lowest BCUT2D eigenvalue weighted by Gasteiger charge is -2.15. The molecule has 0 aliphatic heterocycles. The summed E-state index contributed by atoms with van der Waals surface area (Å²) in [5, 5.41) is 0. The van der Waals surface area contributed by atoms with E-state index in [4.69, 9.17) is 11.6 Å². The molecule has 0 aromatic rings. The molecule has 0 aromatic carbocycles. The molecular formula is C9H15Cl. The van der Waals surface area contributed by atoms with Crippen molar-refractivity contribution in [2.24, 2.45) is 5.92 Å². The van der Waals surface area contributed by atoms with Gasteiger partial charge in [0.1, 0.15) is 0 Å². The molecule has 0 radical (unpaired) electrons. The fraction of sp³-hybridized carbons (Fsp3) is 0.778. The fourth-order valence-corrected chi connectivity index (χ4v) is 1.47. The molecule has 1 heteroatoms. The molecular weight excluding hydrogens is 144 g/mol. The Labute approximate surface area is 68.3 Å². The van der Waals surface area contributed by atoms with Crippen LogP contribution in [0.15, 0.2) is 12.2 Å². The van der Waals surface area contributed by atoms with Crippen LogP contribution in [-0.4, -0.2) is 4.87 Å². The van der Waals surface area contributed by atoms with Crippen LogP contribution < -0.4 is 0 Å². The van der Waals surface area contributed by atoms with Gasteiger partial charge < -0.3 is 0 Å². The summed E-state index contributed by atoms with van der Waals surface area (Å²) in [4.78, 5) is -0.0647. The fourth-order valence-electron chi connectivity index (χ4n) is 1.28. The summed E-state index contributed by atoms with van der Waals surface area (Å²) in [7, 11) is 0. The third kappa shape index (κ3) is 2.34. The lowest BCUT2D eigenvalue weighted by Crippen LogP contribution is -2.11. The number of rotatable bonds is 0. The van der Waals surface area contributed by atoms with Crippen molar-refractivity contribution in [2.75, 3.05) is 0 Å². The third-order valence-corrected chi connectivity index (χ3v) is 2.44. The first kappa shape index (κ1) is 8.13. The van der Waals surface area contributed by atoms with Crippen molar-refractivity contribution in [3.8, 4) is 0 Å². The molecule has 0 amide bonds. The Hall–Kier alpha value is 0.0300. The Kier molecular flexibility index (Phi) is 2.40. The van der Waals surface area contributed by atoms with Crippen molar-refractivity contribution < 1.29 is 0 Å². The maximum atomic E-state index is 6.15. The minimum atomic E-state index is -0.0647. The van der Waals surface area contributed by atoms with Crippen LogP contribution in [-0.2, 0) is 0 Å². The van der Waals surface area contributed by atoms with Gasteiger partial charge in [-0.2, -0.15) is 0 Å². The highest BCUT2D eigenvalue weighted by Gasteiger charge is 2.19. The van der Waals surface area contributed by atoms with Crippen molar-refractivity contribution in [1.29, 1.82) is 0 Å². The van der Waals surface area contributed by atoms with Crippen LogP contribution in [0.3, 0.4) is 0 Å². The van der Waals surface area contributed by atoms with Gasteiger partial charge in [-0.25, -0.2) is 0 Å². The van der Waals surface area contributed by atoms with Gasteiger partial charge in [-0.3, -0.25) is 0 Å². The predicted molar refractivity (Wildman–Crippen MR) is 46.4 cm³/mol. The zero-order chi connectivity index (χ0) is 7.61. The van der Waals surface area contributed by atoms with Gasteiger partial charge in [0.05, 0.1) is 4.87 Å². The van der Waals surface area contributed by atoms with Crippen LogP contribution in [0.5, 0.6) is 0 Å². The van der Waals surface area contributed by atoms with E-state index < -0.39 is 0 Å². The molecule has 58 valence electrons. The summed E-state index contributed by atoms with van der Waals surface area (Å²) < 4.78 is 0. The number of alkyl halides is 1. The quantitative estimate of drug-likeness (QED) is 0.375. The Bertz CT molecular complexity index is 136. The number of hydrogen-bond acceptors (Lipinski definition) is 0. The number of hydrogen-bond donors (Lipinski definition) is 0. The summed E-state index contributed by atoms with van der Waals surface area (Å²) in [6.45, 7) is 4.37. The van der Waals surface area contributed by atoms with Gasteiger partial charge in [-0.05, 0) is 32.1 Å². The topological polar surface area (TPSA) is 0 Å². The molecule has 2 unspecified atom stereocenters. The average Bonchev–Trinajstić information content (AvgIpc) is 1.94. The van der Waals surface area contributed by atoms with Crippen LogP contribution >= 0.6 is 11.6 Å². The number of allylic oxidation sites excluding steroid dienone is 2. The van der Waals surface area contributed by atoms with E-state index in [1.54, 1.807) is 0 Å². The second-order valence-corrected chi connectivity index (χ2v) is 4.42. The van der Waals surface area contributed by atoms with E-state index in [0.717, 1.165) is 12.3 Å². The monoisotopic (exact) mass is 158 g/mol. The molecule has 0 heterocycles. The smallest absolute Gasteiger partial charge is 0.0598 e. The van der Waals surface area contributed by atoms with Gasteiger partial charge in [-0.15, -0.1) is 11.6 Å². The van der Waals surface area contributed by atoms with E-state index in [0.29, 0.717) is 0 Å². The van der Waals surface area contributed by atoms with Crippen LogP contribution in [0.1, 0.15) is 33.1 Å². The first-order valence-corrected chi connectivity index (χ1v) is 4.34. The van der Waals surface area contributed by atoms with E-state index in [9.17, 15) is 0 Å². The predicted octanol–water partition coefficient (Wildman–Crippen LogP) is 3.36. The Morgan fingerprint density at radius 3 is 3.00 bits per heavy atom. The van der Waals surface area contributed by atoms with Gasteiger partial charge in [0.15, 0.2) is 0 Å². The molecule has 0 N–H and O–H groups in total. The Morgan fingerprint density at radius 2 is 2.30 bits per heavy atom. The van der Waals surface area contributed by atoms with Crippen LogP contribution in [0.2, 0.25) is 0 Å². The van der Waals surface area contributed by atoms with Gasteiger partial charge in [0.2, 0.25) is 0 Å². The Morgan fingerprint density at radius 1 is 1.60 bits per heavy atom. The second-order valence-electron chi connectivity index (χ2n) is 3.56. The maximum Gasteiger partial charge on any atom is 0.0598 e. The van der Waals surface area contributed by atoms with E-state index in [1.807, 2.05) is 0 Å². The first-order valence-electron chi connectivity index (χ1n) is 3.97. The maximum absolute atomic E-state index is 6.15. The first-order chi connectivity index (χ1) is 4.60. The highest BCUT2D eigenvalue weighted by atomic mass is 35.5. The molecule has 0 saturated carbocycles. The summed E-state index contributed by atoms with van der Waals surface area (Å²) in [6.07, 6.45) is 7.92. The largest absolute Gasteiger partial charge is 0.115 e. The Balaban J connectivity index is 2.55. The molecule has 0 bridgehead atoms. The molecule has 1 aliphatic rings. The summed E-state index contributed by atoms with van der Waals surface area (Å²) in [6, 6.07) is 0. The highest BCUT2D eigenvalue weighted by Crippen LogP contribution is 2.29. The lowest BCUT2D eigenvalue weighted by molar-refractivity contribution is 0.505. The molecule has 0 nitrogen and oxygen atoms in total. The molecule has 0 spiro atoms. The normalized spacial score (nSPS) is 41.3. The highest BCUT2D eigenvalue weighted by molar-refractivity contribution is 6.24. The number of halogens is 1. The van der Waals surface area contributed by atoms with Gasteiger partial charge in [0, 0.05) is 0 Å². The van der Waals surface area contributed by atoms with E-state index in [2.05, 4.69) is 26.0 Å². The molecule has 1 aliphatic carbocycles. The summed E-state index contributed by atoms with van der Waals surface area (Å²) in [5.41, 5.74) is 0. The van der Waals surface area contributed by atoms with Crippen molar-refractivity contribution in [1.82, 2.24) is 0 Å². The molecule has 0 aromatic heterocycles. The van der Waals surface area contributed by atoms with Crippen molar-refractivity contribution in [3.63, 3.8) is 0 Å². The van der Waals surface area contributed by atoms with Gasteiger partial charge >= 0.3 is 0 Å². The van der Waals surface area contributed by atoms with Crippen LogP contribution in [0, 0.1) is 5.92 Å². The lowest BCUT2D eigenvalue weighted by atomic mass is 10.00. The minimum absolute atomic E-state index is 0.0647. The van der Waals surface area contributed by atoms with E-state index >= 15 is 0 Å². The molecule has 0 fully saturated rings. The van der Waals surface area contributed by atoms with Gasteiger partial charge in [-0.1, -0.05) is 19.1 Å². The molecule has 10 heavy (non-hydrogen) atoms. The van der Waals surface area contributed by atoms with Crippen molar-refractivity contribution in [3.05, 3.63) is 12.2 Å². The van der Waals surface area contributed by atoms with Gasteiger partial charge in [0.25, 0.3) is 0 Å². The van der Waals surface area contributed by atoms with Crippen molar-refractivity contribution >= 4 is 11.6 Å². The molecule has 1 rings (SSSR count). The second kappa shape index (κ2) is 2.96. The third-order valence-electron chi connectivity index (χ3n) is 2.13. The summed E-state index contributed by atoms with van der Waals surface area (Å²) in [5.74, 6) is 0.817. The minimum Gasteiger partial charge on any atom is -0.115 e. The average molecular weight is 159 g/mol. The zero-order valence-electron chi connectivity index (χ0n) is 6.73. The van der Waals surface area contributed by atoms with Crippen LogP contribution in [0.4, 0.5) is 0 Å².